The third-order valence-electron chi connectivity index (χ3n) is 4.72. The van der Waals surface area contributed by atoms with Gasteiger partial charge in [0.25, 0.3) is 0 Å². The van der Waals surface area contributed by atoms with E-state index in [2.05, 4.69) is 30.1 Å². The molecule has 34 heavy (non-hydrogen) atoms. The van der Waals surface area contributed by atoms with E-state index in [-0.39, 0.29) is 0 Å². The van der Waals surface area contributed by atoms with Crippen LogP contribution in [-0.2, 0) is 16.1 Å². The Balaban J connectivity index is 0.000000244. The van der Waals surface area contributed by atoms with Crippen molar-refractivity contribution >= 4 is 29.2 Å². The van der Waals surface area contributed by atoms with E-state index in [1.165, 1.54) is 18.1 Å². The number of fused-ring (bicyclic) bond motifs is 1. The number of carboxylic acid groups (broad SMARTS) is 2. The molecule has 2 N–H and O–H groups in total. The first-order valence-electron chi connectivity index (χ1n) is 9.50. The van der Waals surface area contributed by atoms with Crippen LogP contribution in [0.25, 0.3) is 0 Å². The molecule has 9 nitrogen and oxygen atoms in total. The van der Waals surface area contributed by atoms with Gasteiger partial charge in [0.15, 0.2) is 0 Å². The minimum Gasteiger partial charge on any atom is -0.475 e. The number of nitrogens with zero attached hydrogens (tertiary/aromatic N) is 5. The Kier molecular flexibility index (Phi) is 9.14. The Morgan fingerprint density at radius 1 is 0.882 bits per heavy atom. The summed E-state index contributed by atoms with van der Waals surface area (Å²) in [6.07, 6.45) is -4.62. The average molecular weight is 515 g/mol. The van der Waals surface area contributed by atoms with Gasteiger partial charge in [0.2, 0.25) is 5.95 Å². The second-order valence-electron chi connectivity index (χ2n) is 7.20. The molecule has 16 heteroatoms. The quantitative estimate of drug-likeness (QED) is 0.595. The van der Waals surface area contributed by atoms with Crippen molar-refractivity contribution in [1.29, 1.82) is 0 Å². The largest absolute Gasteiger partial charge is 0.490 e. The Labute approximate surface area is 192 Å². The molecule has 2 unspecified atom stereocenters. The van der Waals surface area contributed by atoms with Crippen LogP contribution >= 0.6 is 11.3 Å². The number of rotatable bonds is 3. The van der Waals surface area contributed by atoms with Gasteiger partial charge in [-0.15, -0.1) is 11.3 Å². The number of likely N-dealkylation sites (tertiary alicyclic amines) is 1. The zero-order valence-corrected chi connectivity index (χ0v) is 18.0. The van der Waals surface area contributed by atoms with E-state index in [4.69, 9.17) is 19.8 Å². The average Bonchev–Trinajstić information content (AvgIpc) is 3.45. The van der Waals surface area contributed by atoms with E-state index in [1.807, 2.05) is 24.7 Å². The summed E-state index contributed by atoms with van der Waals surface area (Å²) in [6, 6.07) is 1.87. The van der Waals surface area contributed by atoms with E-state index in [0.717, 1.165) is 37.4 Å². The number of aliphatic carboxylic acids is 2. The van der Waals surface area contributed by atoms with Gasteiger partial charge in [0.1, 0.15) is 5.01 Å². The maximum absolute atomic E-state index is 10.6. The smallest absolute Gasteiger partial charge is 0.475 e. The number of halogens is 6. The molecule has 0 aromatic carbocycles. The maximum Gasteiger partial charge on any atom is 0.490 e. The van der Waals surface area contributed by atoms with Crippen LogP contribution in [0.1, 0.15) is 5.01 Å². The normalized spacial score (nSPS) is 20.0. The molecule has 0 aliphatic carbocycles. The van der Waals surface area contributed by atoms with Gasteiger partial charge in [-0.25, -0.2) is 24.5 Å². The van der Waals surface area contributed by atoms with Crippen molar-refractivity contribution in [3.05, 3.63) is 35.0 Å². The first-order chi connectivity index (χ1) is 15.8. The van der Waals surface area contributed by atoms with E-state index in [9.17, 15) is 26.3 Å². The molecule has 2 aromatic rings. The lowest BCUT2D eigenvalue weighted by Crippen LogP contribution is -2.29. The first-order valence-corrected chi connectivity index (χ1v) is 10.4. The van der Waals surface area contributed by atoms with Crippen molar-refractivity contribution in [1.82, 2.24) is 19.9 Å². The zero-order chi connectivity index (χ0) is 25.5. The Morgan fingerprint density at radius 3 is 1.74 bits per heavy atom. The lowest BCUT2D eigenvalue weighted by atomic mass is 10.0. The summed E-state index contributed by atoms with van der Waals surface area (Å²) in [5, 5.41) is 17.5. The molecule has 0 amide bonds. The molecule has 2 fully saturated rings. The minimum atomic E-state index is -5.08. The minimum absolute atomic E-state index is 0.749. The summed E-state index contributed by atoms with van der Waals surface area (Å²) in [5.74, 6) is -3.13. The highest BCUT2D eigenvalue weighted by Crippen LogP contribution is 2.33. The number of carboxylic acids is 2. The number of alkyl halides is 6. The Hall–Kier alpha value is -3.01. The van der Waals surface area contributed by atoms with Gasteiger partial charge >= 0.3 is 24.3 Å². The molecule has 4 rings (SSSR count). The monoisotopic (exact) mass is 515 g/mol. The molecular weight excluding hydrogens is 496 g/mol. The van der Waals surface area contributed by atoms with Crippen LogP contribution in [-0.4, -0.2) is 80.5 Å². The number of anilines is 1. The second-order valence-corrected chi connectivity index (χ2v) is 8.18. The number of hydrogen-bond acceptors (Lipinski definition) is 8. The van der Waals surface area contributed by atoms with Crippen molar-refractivity contribution < 1.29 is 46.1 Å². The van der Waals surface area contributed by atoms with Gasteiger partial charge in [0, 0.05) is 50.1 Å². The van der Waals surface area contributed by atoms with Crippen molar-refractivity contribution in [3.63, 3.8) is 0 Å². The number of aromatic nitrogens is 3. The fourth-order valence-electron chi connectivity index (χ4n) is 3.36. The van der Waals surface area contributed by atoms with Crippen LogP contribution in [0.4, 0.5) is 32.3 Å². The molecule has 4 heterocycles. The van der Waals surface area contributed by atoms with E-state index >= 15 is 0 Å². The fraction of sp³-hybridized carbons (Fsp3) is 0.500. The van der Waals surface area contributed by atoms with Crippen molar-refractivity contribution in [2.75, 3.05) is 31.1 Å². The predicted molar refractivity (Wildman–Crippen MR) is 106 cm³/mol. The Bertz CT molecular complexity index is 891. The lowest BCUT2D eigenvalue weighted by Gasteiger charge is -2.20. The number of carbonyl (C=O) groups is 2. The first kappa shape index (κ1) is 27.2. The highest BCUT2D eigenvalue weighted by molar-refractivity contribution is 7.09. The molecule has 0 spiro atoms. The molecule has 188 valence electrons. The van der Waals surface area contributed by atoms with Crippen molar-refractivity contribution in [2.24, 2.45) is 11.8 Å². The zero-order valence-electron chi connectivity index (χ0n) is 17.2. The van der Waals surface area contributed by atoms with Crippen molar-refractivity contribution in [2.45, 2.75) is 18.9 Å². The third kappa shape index (κ3) is 8.40. The van der Waals surface area contributed by atoms with Gasteiger partial charge in [-0.05, 0) is 17.9 Å². The fourth-order valence-corrected chi connectivity index (χ4v) is 4.02. The van der Waals surface area contributed by atoms with Gasteiger partial charge in [-0.3, -0.25) is 4.90 Å². The SMILES string of the molecule is O=C(O)C(F)(F)F.O=C(O)C(F)(F)F.c1cnc(N2CC3CN(Cc4nccs4)CC3C2)nc1. The molecule has 2 saturated heterocycles. The summed E-state index contributed by atoms with van der Waals surface area (Å²) in [5.41, 5.74) is 0. The lowest BCUT2D eigenvalue weighted by molar-refractivity contribution is -0.193. The second kappa shape index (κ2) is 11.4. The van der Waals surface area contributed by atoms with Crippen LogP contribution in [0.2, 0.25) is 0 Å². The summed E-state index contributed by atoms with van der Waals surface area (Å²) >= 11 is 1.75. The molecule has 2 aliphatic heterocycles. The van der Waals surface area contributed by atoms with Gasteiger partial charge < -0.3 is 15.1 Å². The topological polar surface area (TPSA) is 120 Å². The van der Waals surface area contributed by atoms with Crippen LogP contribution < -0.4 is 4.90 Å². The van der Waals surface area contributed by atoms with Crippen LogP contribution in [0.3, 0.4) is 0 Å². The highest BCUT2D eigenvalue weighted by Gasteiger charge is 2.41. The van der Waals surface area contributed by atoms with E-state index in [0.29, 0.717) is 0 Å². The number of thiazole rings is 1. The molecule has 2 aromatic heterocycles. The number of hydrogen-bond donors (Lipinski definition) is 2. The maximum atomic E-state index is 10.6. The summed E-state index contributed by atoms with van der Waals surface area (Å²) in [6.45, 7) is 5.53. The van der Waals surface area contributed by atoms with E-state index < -0.39 is 24.3 Å². The molecular formula is C18H19F6N5O4S. The van der Waals surface area contributed by atoms with Crippen molar-refractivity contribution in [3.8, 4) is 0 Å². The summed E-state index contributed by atoms with van der Waals surface area (Å²) < 4.78 is 63.5. The standard InChI is InChI=1S/C14H17N5S.2C2HF3O2/c1-2-16-14(17-3-1)19-8-11-6-18(7-12(11)9-19)10-13-15-4-5-20-13;2*3-2(4,5)1(6)7/h1-5,11-12H,6-10H2;2*(H,6,7). The molecule has 2 atom stereocenters. The Morgan fingerprint density at radius 2 is 1.35 bits per heavy atom. The van der Waals surface area contributed by atoms with Gasteiger partial charge in [-0.2, -0.15) is 26.3 Å². The highest BCUT2D eigenvalue weighted by atomic mass is 32.1. The van der Waals surface area contributed by atoms with Gasteiger partial charge in [-0.1, -0.05) is 0 Å². The molecule has 0 saturated carbocycles. The predicted octanol–water partition coefficient (Wildman–Crippen LogP) is 2.77. The molecule has 2 aliphatic rings. The third-order valence-corrected chi connectivity index (χ3v) is 5.49. The molecule has 0 bridgehead atoms. The summed E-state index contributed by atoms with van der Waals surface area (Å²) in [7, 11) is 0. The van der Waals surface area contributed by atoms with Crippen LogP contribution in [0.5, 0.6) is 0 Å². The van der Waals surface area contributed by atoms with Crippen LogP contribution in [0.15, 0.2) is 30.0 Å². The van der Waals surface area contributed by atoms with Gasteiger partial charge in [0.05, 0.1) is 6.54 Å². The van der Waals surface area contributed by atoms with E-state index in [1.54, 1.807) is 11.3 Å². The molecule has 0 radical (unpaired) electrons. The summed E-state index contributed by atoms with van der Waals surface area (Å²) in [4.78, 5) is 35.8. The van der Waals surface area contributed by atoms with Crippen LogP contribution in [0, 0.1) is 11.8 Å².